The minimum atomic E-state index is -0.176. The Morgan fingerprint density at radius 3 is 2.83 bits per heavy atom. The summed E-state index contributed by atoms with van der Waals surface area (Å²) in [5.41, 5.74) is 2.00. The van der Waals surface area contributed by atoms with Crippen molar-refractivity contribution in [3.63, 3.8) is 0 Å². The summed E-state index contributed by atoms with van der Waals surface area (Å²) in [5, 5.41) is 5.79. The Bertz CT molecular complexity index is 792. The molecule has 0 saturated carbocycles. The maximum atomic E-state index is 11.9. The summed E-state index contributed by atoms with van der Waals surface area (Å²) < 4.78 is 5.15. The fourth-order valence-electron chi connectivity index (χ4n) is 2.10. The van der Waals surface area contributed by atoms with Crippen LogP contribution in [0.25, 0.3) is 17.3 Å². The maximum Gasteiger partial charge on any atom is 0.244 e. The topological polar surface area (TPSA) is 55.1 Å². The second kappa shape index (κ2) is 7.07. The van der Waals surface area contributed by atoms with Gasteiger partial charge in [0.1, 0.15) is 10.8 Å². The fourth-order valence-corrected chi connectivity index (χ4v) is 2.93. The SMILES string of the molecule is CC(NC(=O)/C=C/c1ccco1)c1nc(-c2ccccc2)cs1. The molecule has 4 nitrogen and oxygen atoms in total. The van der Waals surface area contributed by atoms with Crippen LogP contribution in [0.2, 0.25) is 0 Å². The minimum Gasteiger partial charge on any atom is -0.465 e. The summed E-state index contributed by atoms with van der Waals surface area (Å²) in [6.07, 6.45) is 4.67. The van der Waals surface area contributed by atoms with Crippen LogP contribution >= 0.6 is 11.3 Å². The number of carbonyl (C=O) groups excluding carboxylic acids is 1. The van der Waals surface area contributed by atoms with Crippen LogP contribution in [0.4, 0.5) is 0 Å². The molecule has 0 fully saturated rings. The first-order valence-corrected chi connectivity index (χ1v) is 8.13. The van der Waals surface area contributed by atoms with Crippen molar-refractivity contribution in [3.8, 4) is 11.3 Å². The number of aromatic nitrogens is 1. The van der Waals surface area contributed by atoms with Gasteiger partial charge in [-0.3, -0.25) is 4.79 Å². The number of nitrogens with one attached hydrogen (secondary N) is 1. The molecule has 0 aliphatic carbocycles. The van der Waals surface area contributed by atoms with E-state index < -0.39 is 0 Å². The highest BCUT2D eigenvalue weighted by atomic mass is 32.1. The van der Waals surface area contributed by atoms with Crippen LogP contribution in [0.5, 0.6) is 0 Å². The third-order valence-electron chi connectivity index (χ3n) is 3.26. The molecule has 5 heteroatoms. The predicted molar refractivity (Wildman–Crippen MR) is 91.8 cm³/mol. The van der Waals surface area contributed by atoms with Gasteiger partial charge in [-0.25, -0.2) is 4.98 Å². The quantitative estimate of drug-likeness (QED) is 0.712. The van der Waals surface area contributed by atoms with Crippen molar-refractivity contribution < 1.29 is 9.21 Å². The summed E-state index contributed by atoms with van der Waals surface area (Å²) in [7, 11) is 0. The van der Waals surface area contributed by atoms with Crippen LogP contribution in [-0.4, -0.2) is 10.9 Å². The standard InChI is InChI=1S/C18H16N2O2S/c1-13(19-17(21)10-9-15-8-5-11-22-15)18-20-16(12-23-18)14-6-3-2-4-7-14/h2-13H,1H3,(H,19,21)/b10-9+. The second-order valence-electron chi connectivity index (χ2n) is 5.02. The molecule has 1 atom stereocenters. The maximum absolute atomic E-state index is 11.9. The molecule has 1 amide bonds. The van der Waals surface area contributed by atoms with E-state index in [-0.39, 0.29) is 11.9 Å². The number of benzene rings is 1. The van der Waals surface area contributed by atoms with Crippen LogP contribution < -0.4 is 5.32 Å². The minimum absolute atomic E-state index is 0.147. The number of hydrogen-bond acceptors (Lipinski definition) is 4. The third kappa shape index (κ3) is 3.96. The Labute approximate surface area is 138 Å². The number of carbonyl (C=O) groups is 1. The lowest BCUT2D eigenvalue weighted by atomic mass is 10.2. The number of amides is 1. The second-order valence-corrected chi connectivity index (χ2v) is 5.91. The Kier molecular flexibility index (Phi) is 4.68. The monoisotopic (exact) mass is 324 g/mol. The number of rotatable bonds is 5. The molecule has 0 radical (unpaired) electrons. The first-order valence-electron chi connectivity index (χ1n) is 7.25. The van der Waals surface area contributed by atoms with Crippen molar-refractivity contribution in [3.05, 3.63) is 71.0 Å². The van der Waals surface area contributed by atoms with Gasteiger partial charge in [0.25, 0.3) is 0 Å². The van der Waals surface area contributed by atoms with Crippen molar-refractivity contribution in [1.82, 2.24) is 10.3 Å². The fraction of sp³-hybridized carbons (Fsp3) is 0.111. The van der Waals surface area contributed by atoms with E-state index in [0.29, 0.717) is 5.76 Å². The molecule has 116 valence electrons. The van der Waals surface area contributed by atoms with Crippen LogP contribution in [0.15, 0.2) is 64.6 Å². The lowest BCUT2D eigenvalue weighted by Crippen LogP contribution is -2.24. The summed E-state index contributed by atoms with van der Waals surface area (Å²) >= 11 is 1.54. The number of nitrogens with zero attached hydrogens (tertiary/aromatic N) is 1. The largest absolute Gasteiger partial charge is 0.465 e. The van der Waals surface area contributed by atoms with Gasteiger partial charge >= 0.3 is 0 Å². The summed E-state index contributed by atoms with van der Waals surface area (Å²) in [6, 6.07) is 13.4. The van der Waals surface area contributed by atoms with Crippen molar-refractivity contribution in [1.29, 1.82) is 0 Å². The van der Waals surface area contributed by atoms with Gasteiger partial charge in [0.15, 0.2) is 0 Å². The lowest BCUT2D eigenvalue weighted by molar-refractivity contribution is -0.117. The van der Waals surface area contributed by atoms with Gasteiger partial charge in [0, 0.05) is 17.0 Å². The Hall–Kier alpha value is -2.66. The molecule has 1 N–H and O–H groups in total. The highest BCUT2D eigenvalue weighted by Gasteiger charge is 2.12. The average Bonchev–Trinajstić information content (AvgIpc) is 3.25. The third-order valence-corrected chi connectivity index (χ3v) is 4.29. The Balaban J connectivity index is 1.63. The molecular formula is C18H16N2O2S. The summed E-state index contributed by atoms with van der Waals surface area (Å²) in [5.74, 6) is 0.471. The van der Waals surface area contributed by atoms with E-state index in [1.54, 1.807) is 35.8 Å². The molecule has 1 unspecified atom stereocenters. The molecule has 3 rings (SSSR count). The number of thiazole rings is 1. The molecule has 1 aromatic carbocycles. The van der Waals surface area contributed by atoms with Crippen LogP contribution in [0.1, 0.15) is 23.7 Å². The Morgan fingerprint density at radius 2 is 2.09 bits per heavy atom. The zero-order valence-electron chi connectivity index (χ0n) is 12.6. The van der Waals surface area contributed by atoms with E-state index in [9.17, 15) is 4.79 Å². The van der Waals surface area contributed by atoms with Crippen molar-refractivity contribution >= 4 is 23.3 Å². The van der Waals surface area contributed by atoms with Gasteiger partial charge in [0.2, 0.25) is 5.91 Å². The molecule has 3 aromatic rings. The van der Waals surface area contributed by atoms with Gasteiger partial charge in [-0.1, -0.05) is 30.3 Å². The lowest BCUT2D eigenvalue weighted by Gasteiger charge is -2.08. The molecule has 0 spiro atoms. The van der Waals surface area contributed by atoms with E-state index >= 15 is 0 Å². The molecule has 0 aliphatic heterocycles. The van der Waals surface area contributed by atoms with E-state index in [0.717, 1.165) is 16.3 Å². The smallest absolute Gasteiger partial charge is 0.244 e. The summed E-state index contributed by atoms with van der Waals surface area (Å²) in [4.78, 5) is 16.5. The molecule has 2 aromatic heterocycles. The van der Waals surface area contributed by atoms with Crippen molar-refractivity contribution in [2.24, 2.45) is 0 Å². The Morgan fingerprint density at radius 1 is 1.26 bits per heavy atom. The zero-order valence-corrected chi connectivity index (χ0v) is 13.4. The van der Waals surface area contributed by atoms with Gasteiger partial charge in [-0.15, -0.1) is 11.3 Å². The zero-order chi connectivity index (χ0) is 16.1. The van der Waals surface area contributed by atoms with Gasteiger partial charge in [-0.2, -0.15) is 0 Å². The van der Waals surface area contributed by atoms with E-state index in [1.165, 1.54) is 6.08 Å². The van der Waals surface area contributed by atoms with Crippen LogP contribution in [0.3, 0.4) is 0 Å². The molecular weight excluding hydrogens is 308 g/mol. The molecule has 2 heterocycles. The van der Waals surface area contributed by atoms with Gasteiger partial charge in [-0.05, 0) is 25.1 Å². The number of hydrogen-bond donors (Lipinski definition) is 1. The highest BCUT2D eigenvalue weighted by Crippen LogP contribution is 2.25. The van der Waals surface area contributed by atoms with Crippen molar-refractivity contribution in [2.45, 2.75) is 13.0 Å². The van der Waals surface area contributed by atoms with E-state index in [2.05, 4.69) is 10.3 Å². The van der Waals surface area contributed by atoms with E-state index in [1.807, 2.05) is 42.6 Å². The van der Waals surface area contributed by atoms with Gasteiger partial charge in [0.05, 0.1) is 18.0 Å². The van der Waals surface area contributed by atoms with Crippen LogP contribution in [0, 0.1) is 0 Å². The van der Waals surface area contributed by atoms with Crippen molar-refractivity contribution in [2.75, 3.05) is 0 Å². The normalized spacial score (nSPS) is 12.4. The summed E-state index contributed by atoms with van der Waals surface area (Å²) in [6.45, 7) is 1.92. The highest BCUT2D eigenvalue weighted by molar-refractivity contribution is 7.10. The number of furan rings is 1. The molecule has 0 bridgehead atoms. The van der Waals surface area contributed by atoms with E-state index in [4.69, 9.17) is 4.42 Å². The molecule has 23 heavy (non-hydrogen) atoms. The molecule has 0 aliphatic rings. The van der Waals surface area contributed by atoms with Crippen LogP contribution in [-0.2, 0) is 4.79 Å². The first-order chi connectivity index (χ1) is 11.2. The predicted octanol–water partition coefficient (Wildman–Crippen LogP) is 4.29. The first kappa shape index (κ1) is 15.2. The van der Waals surface area contributed by atoms with Gasteiger partial charge < -0.3 is 9.73 Å². The average molecular weight is 324 g/mol. The molecule has 0 saturated heterocycles.